The number of aliphatic imine (C=N–C) groups is 1. The number of fused-ring (bicyclic) bond motifs is 1. The van der Waals surface area contributed by atoms with E-state index >= 15 is 0 Å². The maximum Gasteiger partial charge on any atom is 0.216 e. The molecule has 0 aromatic heterocycles. The molecular formula is C24H20FNO. The fourth-order valence-corrected chi connectivity index (χ4v) is 3.69. The first-order valence-electron chi connectivity index (χ1n) is 9.19. The Morgan fingerprint density at radius 2 is 1.96 bits per heavy atom. The normalized spacial score (nSPS) is 13.6. The molecule has 0 bridgehead atoms. The number of allylic oxidation sites excluding steroid dienone is 1. The Balaban J connectivity index is 1.67. The number of hydrogen-bond donors (Lipinski definition) is 0. The van der Waals surface area contributed by atoms with Crippen LogP contribution < -0.4 is 0 Å². The van der Waals surface area contributed by atoms with E-state index in [0.717, 1.165) is 23.8 Å². The maximum atomic E-state index is 13.8. The Morgan fingerprint density at radius 1 is 1.07 bits per heavy atom. The molecule has 1 aliphatic heterocycles. The largest absolute Gasteiger partial charge is 0.298 e. The van der Waals surface area contributed by atoms with Gasteiger partial charge in [0.15, 0.2) is 0 Å². The molecule has 134 valence electrons. The fraction of sp³-hybridized carbons (Fsp3) is 0.167. The van der Waals surface area contributed by atoms with Crippen LogP contribution >= 0.6 is 0 Å². The molecule has 0 amide bonds. The van der Waals surface area contributed by atoms with E-state index in [1.54, 1.807) is 12.1 Å². The molecule has 0 fully saturated rings. The van der Waals surface area contributed by atoms with Gasteiger partial charge in [0.1, 0.15) is 6.29 Å². The van der Waals surface area contributed by atoms with Crippen LogP contribution in [0.4, 0.5) is 4.39 Å². The van der Waals surface area contributed by atoms with Crippen LogP contribution in [0.3, 0.4) is 0 Å². The SMILES string of the molecule is CCc1cccc2cc(Cc3ccc(C4=CCN=C4F)cc3C=O)ccc12. The fourth-order valence-electron chi connectivity index (χ4n) is 3.69. The number of benzene rings is 3. The lowest BCUT2D eigenvalue weighted by Gasteiger charge is -2.10. The topological polar surface area (TPSA) is 29.4 Å². The second-order valence-electron chi connectivity index (χ2n) is 6.78. The van der Waals surface area contributed by atoms with Gasteiger partial charge in [-0.25, -0.2) is 0 Å². The van der Waals surface area contributed by atoms with Gasteiger partial charge in [-0.15, -0.1) is 0 Å². The van der Waals surface area contributed by atoms with Crippen molar-refractivity contribution in [1.82, 2.24) is 0 Å². The monoisotopic (exact) mass is 357 g/mol. The minimum Gasteiger partial charge on any atom is -0.298 e. The van der Waals surface area contributed by atoms with Crippen molar-refractivity contribution < 1.29 is 9.18 Å². The molecular weight excluding hydrogens is 337 g/mol. The van der Waals surface area contributed by atoms with Crippen molar-refractivity contribution in [2.45, 2.75) is 19.8 Å². The van der Waals surface area contributed by atoms with Crippen LogP contribution in [0.2, 0.25) is 0 Å². The minimum atomic E-state index is -0.458. The molecule has 0 unspecified atom stereocenters. The summed E-state index contributed by atoms with van der Waals surface area (Å²) in [5.41, 5.74) is 5.20. The first-order valence-corrected chi connectivity index (χ1v) is 9.19. The van der Waals surface area contributed by atoms with E-state index in [1.807, 2.05) is 12.1 Å². The van der Waals surface area contributed by atoms with Crippen LogP contribution in [0.15, 0.2) is 65.7 Å². The van der Waals surface area contributed by atoms with E-state index in [9.17, 15) is 9.18 Å². The summed E-state index contributed by atoms with van der Waals surface area (Å²) in [7, 11) is 0. The molecule has 0 atom stereocenters. The number of nitrogens with zero attached hydrogens (tertiary/aromatic N) is 1. The third-order valence-electron chi connectivity index (χ3n) is 5.14. The van der Waals surface area contributed by atoms with Gasteiger partial charge in [-0.2, -0.15) is 4.39 Å². The highest BCUT2D eigenvalue weighted by Gasteiger charge is 2.15. The summed E-state index contributed by atoms with van der Waals surface area (Å²) >= 11 is 0. The Morgan fingerprint density at radius 3 is 2.70 bits per heavy atom. The molecule has 0 aliphatic carbocycles. The number of carbonyl (C=O) groups excluding carboxylic acids is 1. The predicted molar refractivity (Wildman–Crippen MR) is 109 cm³/mol. The van der Waals surface area contributed by atoms with Gasteiger partial charge in [0.05, 0.1) is 6.54 Å². The molecule has 3 aromatic rings. The van der Waals surface area contributed by atoms with Crippen molar-refractivity contribution in [3.8, 4) is 0 Å². The number of rotatable bonds is 5. The Labute approximate surface area is 158 Å². The summed E-state index contributed by atoms with van der Waals surface area (Å²) in [6.45, 7) is 2.52. The van der Waals surface area contributed by atoms with Crippen LogP contribution in [-0.2, 0) is 12.8 Å². The summed E-state index contributed by atoms with van der Waals surface area (Å²) < 4.78 is 13.8. The Hall–Kier alpha value is -3.07. The van der Waals surface area contributed by atoms with Crippen LogP contribution in [-0.4, -0.2) is 18.8 Å². The quantitative estimate of drug-likeness (QED) is 0.549. The molecule has 2 nitrogen and oxygen atoms in total. The van der Waals surface area contributed by atoms with Gasteiger partial charge in [-0.3, -0.25) is 9.79 Å². The minimum absolute atomic E-state index is 0.357. The van der Waals surface area contributed by atoms with Gasteiger partial charge >= 0.3 is 0 Å². The van der Waals surface area contributed by atoms with E-state index < -0.39 is 5.97 Å². The van der Waals surface area contributed by atoms with Gasteiger partial charge in [-0.1, -0.05) is 61.5 Å². The molecule has 27 heavy (non-hydrogen) atoms. The smallest absolute Gasteiger partial charge is 0.216 e. The Bertz CT molecular complexity index is 1090. The van der Waals surface area contributed by atoms with Gasteiger partial charge in [0.25, 0.3) is 0 Å². The lowest BCUT2D eigenvalue weighted by Crippen LogP contribution is -1.99. The summed E-state index contributed by atoms with van der Waals surface area (Å²) in [6, 6.07) is 18.4. The second-order valence-corrected chi connectivity index (χ2v) is 6.78. The van der Waals surface area contributed by atoms with E-state index in [4.69, 9.17) is 0 Å². The lowest BCUT2D eigenvalue weighted by molar-refractivity contribution is 0.112. The molecule has 3 heteroatoms. The zero-order chi connectivity index (χ0) is 18.8. The van der Waals surface area contributed by atoms with Crippen LogP contribution in [0.1, 0.15) is 39.5 Å². The second kappa shape index (κ2) is 7.28. The zero-order valence-electron chi connectivity index (χ0n) is 15.2. The molecule has 0 saturated carbocycles. The maximum absolute atomic E-state index is 13.8. The molecule has 0 spiro atoms. The first kappa shape index (κ1) is 17.3. The zero-order valence-corrected chi connectivity index (χ0v) is 15.2. The van der Waals surface area contributed by atoms with Crippen molar-refractivity contribution in [2.75, 3.05) is 6.54 Å². The summed E-state index contributed by atoms with van der Waals surface area (Å²) in [5, 5.41) is 2.49. The van der Waals surface area contributed by atoms with E-state index in [2.05, 4.69) is 48.3 Å². The number of carbonyl (C=O) groups is 1. The van der Waals surface area contributed by atoms with E-state index in [0.29, 0.717) is 29.7 Å². The van der Waals surface area contributed by atoms with Gasteiger partial charge in [0.2, 0.25) is 5.97 Å². The highest BCUT2D eigenvalue weighted by Crippen LogP contribution is 2.26. The number of halogens is 1. The average Bonchev–Trinajstić information content (AvgIpc) is 3.13. The lowest BCUT2D eigenvalue weighted by atomic mass is 9.94. The molecule has 4 rings (SSSR count). The standard InChI is InChI=1S/C24H20FNO/c1-2-17-4-3-5-19-13-16(6-9-22(17)19)12-18-7-8-20(14-21(18)15-27)23-10-11-26-24(23)25/h3-10,13-15H,2,11-12H2,1H3. The van der Waals surface area contributed by atoms with Crippen LogP contribution in [0.25, 0.3) is 16.3 Å². The highest BCUT2D eigenvalue weighted by atomic mass is 19.1. The Kier molecular flexibility index (Phi) is 4.68. The average molecular weight is 357 g/mol. The molecule has 0 N–H and O–H groups in total. The molecule has 0 radical (unpaired) electrons. The van der Waals surface area contributed by atoms with Crippen molar-refractivity contribution in [2.24, 2.45) is 4.99 Å². The summed E-state index contributed by atoms with van der Waals surface area (Å²) in [4.78, 5) is 15.4. The molecule has 3 aromatic carbocycles. The van der Waals surface area contributed by atoms with E-state index in [1.165, 1.54) is 16.3 Å². The third kappa shape index (κ3) is 3.33. The van der Waals surface area contributed by atoms with Crippen molar-refractivity contribution >= 4 is 28.6 Å². The number of hydrogen-bond acceptors (Lipinski definition) is 2. The number of aryl methyl sites for hydroxylation is 1. The molecule has 0 saturated heterocycles. The molecule has 1 aliphatic rings. The molecule has 1 heterocycles. The van der Waals surface area contributed by atoms with Crippen molar-refractivity contribution in [3.63, 3.8) is 0 Å². The van der Waals surface area contributed by atoms with E-state index in [-0.39, 0.29) is 0 Å². The van der Waals surface area contributed by atoms with Gasteiger partial charge in [0, 0.05) is 11.1 Å². The summed E-state index contributed by atoms with van der Waals surface area (Å²) in [5.74, 6) is -0.458. The van der Waals surface area contributed by atoms with Crippen LogP contribution in [0.5, 0.6) is 0 Å². The first-order chi connectivity index (χ1) is 13.2. The third-order valence-corrected chi connectivity index (χ3v) is 5.14. The number of aldehydes is 1. The summed E-state index contributed by atoms with van der Waals surface area (Å²) in [6.07, 6.45) is 4.26. The predicted octanol–water partition coefficient (Wildman–Crippen LogP) is 5.57. The van der Waals surface area contributed by atoms with Gasteiger partial charge in [-0.05, 0) is 51.9 Å². The van der Waals surface area contributed by atoms with Crippen LogP contribution in [0, 0.1) is 0 Å². The van der Waals surface area contributed by atoms with Gasteiger partial charge < -0.3 is 0 Å². The highest BCUT2D eigenvalue weighted by molar-refractivity contribution is 6.20. The van der Waals surface area contributed by atoms with Crippen molar-refractivity contribution in [3.05, 3.63) is 88.5 Å². The van der Waals surface area contributed by atoms with Crippen molar-refractivity contribution in [1.29, 1.82) is 0 Å².